The molecule has 1 aliphatic rings. The van der Waals surface area contributed by atoms with Crippen LogP contribution < -0.4 is 10.1 Å². The quantitative estimate of drug-likeness (QED) is 0.860. The van der Waals surface area contributed by atoms with E-state index in [0.29, 0.717) is 12.3 Å². The van der Waals surface area contributed by atoms with E-state index < -0.39 is 6.16 Å². The molecular formula is C17H18N4O4. The fraction of sp³-hybridized carbons (Fsp3) is 0.294. The normalized spacial score (nSPS) is 13.4. The van der Waals surface area contributed by atoms with Gasteiger partial charge >= 0.3 is 6.16 Å². The number of carbonyl (C=O) groups excluding carboxylic acids is 2. The summed E-state index contributed by atoms with van der Waals surface area (Å²) in [5.41, 5.74) is 2.00. The summed E-state index contributed by atoms with van der Waals surface area (Å²) in [4.78, 5) is 28.7. The molecule has 130 valence electrons. The summed E-state index contributed by atoms with van der Waals surface area (Å²) in [5.74, 6) is -0.362. The Labute approximate surface area is 144 Å². The van der Waals surface area contributed by atoms with Crippen molar-refractivity contribution in [1.29, 1.82) is 0 Å². The highest BCUT2D eigenvalue weighted by molar-refractivity contribution is 6.10. The average molecular weight is 342 g/mol. The van der Waals surface area contributed by atoms with E-state index in [1.54, 1.807) is 6.92 Å². The number of fused-ring (bicyclic) bond motifs is 1. The molecule has 25 heavy (non-hydrogen) atoms. The summed E-state index contributed by atoms with van der Waals surface area (Å²) in [6, 6.07) is 9.46. The van der Waals surface area contributed by atoms with Crippen LogP contribution in [0.4, 0.5) is 10.5 Å². The Hall–Kier alpha value is -3.16. The molecule has 1 N–H and O–H groups in total. The summed E-state index contributed by atoms with van der Waals surface area (Å²) in [6.07, 6.45) is -0.882. The molecule has 0 spiro atoms. The van der Waals surface area contributed by atoms with Gasteiger partial charge in [-0.3, -0.25) is 9.48 Å². The number of benzene rings is 1. The van der Waals surface area contributed by atoms with Gasteiger partial charge in [0.05, 0.1) is 18.9 Å². The van der Waals surface area contributed by atoms with Crippen LogP contribution in [0, 0.1) is 0 Å². The number of nitrogens with zero attached hydrogens (tertiary/aromatic N) is 3. The monoisotopic (exact) mass is 342 g/mol. The number of ether oxygens (including phenoxy) is 2. The van der Waals surface area contributed by atoms with Crippen LogP contribution in [0.2, 0.25) is 0 Å². The van der Waals surface area contributed by atoms with E-state index in [9.17, 15) is 9.59 Å². The molecule has 2 aromatic rings. The molecule has 1 aromatic carbocycles. The van der Waals surface area contributed by atoms with Gasteiger partial charge in [-0.05, 0) is 19.4 Å². The van der Waals surface area contributed by atoms with Crippen LogP contribution in [0.5, 0.6) is 5.88 Å². The minimum absolute atomic E-state index is 0.0409. The lowest BCUT2D eigenvalue weighted by molar-refractivity contribution is 0.0949. The zero-order valence-electron chi connectivity index (χ0n) is 14.0. The number of nitrogens with one attached hydrogen (secondary N) is 1. The van der Waals surface area contributed by atoms with Gasteiger partial charge < -0.3 is 14.8 Å². The molecule has 0 unspecified atom stereocenters. The molecule has 0 radical (unpaired) electrons. The van der Waals surface area contributed by atoms with Crippen LogP contribution in [-0.2, 0) is 11.3 Å². The highest BCUT2D eigenvalue weighted by Crippen LogP contribution is 2.33. The Morgan fingerprint density at radius 2 is 2.04 bits per heavy atom. The third kappa shape index (κ3) is 3.37. The van der Waals surface area contributed by atoms with Gasteiger partial charge in [0, 0.05) is 6.54 Å². The molecule has 8 nitrogen and oxygen atoms in total. The molecule has 1 amide bonds. The van der Waals surface area contributed by atoms with Crippen molar-refractivity contribution in [3.63, 3.8) is 0 Å². The summed E-state index contributed by atoms with van der Waals surface area (Å²) in [6.45, 7) is 4.37. The van der Waals surface area contributed by atoms with Gasteiger partial charge in [0.2, 0.25) is 0 Å². The molecule has 0 saturated heterocycles. The van der Waals surface area contributed by atoms with Crippen molar-refractivity contribution < 1.29 is 19.1 Å². The number of aromatic nitrogens is 2. The molecule has 3 rings (SSSR count). The molecule has 1 aromatic heterocycles. The smallest absolute Gasteiger partial charge is 0.434 e. The first-order valence-corrected chi connectivity index (χ1v) is 8.00. The summed E-state index contributed by atoms with van der Waals surface area (Å²) < 4.78 is 11.4. The third-order valence-corrected chi connectivity index (χ3v) is 3.62. The highest BCUT2D eigenvalue weighted by Gasteiger charge is 2.29. The molecular weight excluding hydrogens is 324 g/mol. The van der Waals surface area contributed by atoms with E-state index in [-0.39, 0.29) is 36.3 Å². The van der Waals surface area contributed by atoms with Gasteiger partial charge in [-0.25, -0.2) is 9.79 Å². The lowest BCUT2D eigenvalue weighted by Crippen LogP contribution is -2.29. The largest absolute Gasteiger partial charge is 0.515 e. The number of hydrogen-bond donors (Lipinski definition) is 1. The van der Waals surface area contributed by atoms with Crippen molar-refractivity contribution in [2.75, 3.05) is 13.2 Å². The number of carbonyl (C=O) groups is 2. The maximum atomic E-state index is 12.5. The first kappa shape index (κ1) is 16.7. The van der Waals surface area contributed by atoms with E-state index >= 15 is 0 Å². The SMILES string of the molecule is CCOC(=O)Oc1nn(CC)c2c1N=C(c1ccccc1)CNC2=O. The Morgan fingerprint density at radius 3 is 2.72 bits per heavy atom. The Morgan fingerprint density at radius 1 is 1.28 bits per heavy atom. The zero-order valence-corrected chi connectivity index (χ0v) is 14.0. The van der Waals surface area contributed by atoms with Crippen LogP contribution in [0.1, 0.15) is 29.9 Å². The number of aryl methyl sites for hydroxylation is 1. The van der Waals surface area contributed by atoms with Crippen molar-refractivity contribution >= 4 is 23.5 Å². The molecule has 2 heterocycles. The second kappa shape index (κ2) is 7.16. The molecule has 0 aliphatic carbocycles. The van der Waals surface area contributed by atoms with Gasteiger partial charge in [0.1, 0.15) is 0 Å². The molecule has 0 fully saturated rings. The standard InChI is InChI=1S/C17H18N4O4/c1-3-21-14-13(16(20-21)25-17(23)24-4-2)19-12(10-18-15(14)22)11-8-6-5-7-9-11/h5-9H,3-4,10H2,1-2H3,(H,18,22). The molecule has 0 saturated carbocycles. The maximum absolute atomic E-state index is 12.5. The first-order chi connectivity index (χ1) is 12.1. The third-order valence-electron chi connectivity index (χ3n) is 3.62. The van der Waals surface area contributed by atoms with Gasteiger partial charge in [0.15, 0.2) is 11.4 Å². The first-order valence-electron chi connectivity index (χ1n) is 8.00. The van der Waals surface area contributed by atoms with Crippen LogP contribution in [0.3, 0.4) is 0 Å². The van der Waals surface area contributed by atoms with Crippen molar-refractivity contribution in [2.24, 2.45) is 4.99 Å². The number of rotatable bonds is 4. The fourth-order valence-electron chi connectivity index (χ4n) is 2.50. The van der Waals surface area contributed by atoms with Crippen LogP contribution in [0.15, 0.2) is 35.3 Å². The maximum Gasteiger partial charge on any atom is 0.515 e. The van der Waals surface area contributed by atoms with Crippen molar-refractivity contribution in [1.82, 2.24) is 15.1 Å². The average Bonchev–Trinajstić information content (AvgIpc) is 2.86. The van der Waals surface area contributed by atoms with E-state index in [4.69, 9.17) is 9.47 Å². The highest BCUT2D eigenvalue weighted by atomic mass is 16.7. The van der Waals surface area contributed by atoms with Gasteiger partial charge in [-0.1, -0.05) is 30.3 Å². The lowest BCUT2D eigenvalue weighted by atomic mass is 10.1. The minimum atomic E-state index is -0.882. The van der Waals surface area contributed by atoms with Crippen molar-refractivity contribution in [2.45, 2.75) is 20.4 Å². The number of hydrogen-bond acceptors (Lipinski definition) is 6. The topological polar surface area (TPSA) is 94.8 Å². The van der Waals surface area contributed by atoms with Gasteiger partial charge in [-0.2, -0.15) is 0 Å². The van der Waals surface area contributed by atoms with Gasteiger partial charge in [-0.15, -0.1) is 5.10 Å². The van der Waals surface area contributed by atoms with Crippen LogP contribution >= 0.6 is 0 Å². The molecule has 1 aliphatic heterocycles. The van der Waals surface area contributed by atoms with Gasteiger partial charge in [0.25, 0.3) is 11.8 Å². The predicted octanol–water partition coefficient (Wildman–Crippen LogP) is 2.30. The van der Waals surface area contributed by atoms with Crippen LogP contribution in [0.25, 0.3) is 0 Å². The van der Waals surface area contributed by atoms with E-state index in [0.717, 1.165) is 5.56 Å². The molecule has 0 bridgehead atoms. The van der Waals surface area contributed by atoms with Crippen LogP contribution in [-0.4, -0.2) is 40.7 Å². The Balaban J connectivity index is 2.09. The number of aliphatic imine (C=N–C) groups is 1. The summed E-state index contributed by atoms with van der Waals surface area (Å²) >= 11 is 0. The second-order valence-corrected chi connectivity index (χ2v) is 5.21. The minimum Gasteiger partial charge on any atom is -0.434 e. The lowest BCUT2D eigenvalue weighted by Gasteiger charge is -2.06. The van der Waals surface area contributed by atoms with Crippen molar-refractivity contribution in [3.8, 4) is 5.88 Å². The van der Waals surface area contributed by atoms with E-state index in [2.05, 4.69) is 15.4 Å². The zero-order chi connectivity index (χ0) is 17.8. The van der Waals surface area contributed by atoms with E-state index in [1.165, 1.54) is 4.68 Å². The van der Waals surface area contributed by atoms with Crippen molar-refractivity contribution in [3.05, 3.63) is 41.6 Å². The number of amides is 1. The molecule has 0 atom stereocenters. The second-order valence-electron chi connectivity index (χ2n) is 5.21. The predicted molar refractivity (Wildman–Crippen MR) is 90.5 cm³/mol. The summed E-state index contributed by atoms with van der Waals surface area (Å²) in [7, 11) is 0. The Bertz CT molecular complexity index is 827. The van der Waals surface area contributed by atoms with E-state index in [1.807, 2.05) is 37.3 Å². The summed E-state index contributed by atoms with van der Waals surface area (Å²) in [5, 5.41) is 6.99. The molecule has 8 heteroatoms. The Kier molecular flexibility index (Phi) is 4.78. The fourth-order valence-corrected chi connectivity index (χ4v) is 2.50.